The summed E-state index contributed by atoms with van der Waals surface area (Å²) in [5.41, 5.74) is 2.56. The zero-order valence-electron chi connectivity index (χ0n) is 16.3. The molecule has 2 heteroatoms. The summed E-state index contributed by atoms with van der Waals surface area (Å²) in [4.78, 5) is 0. The minimum Gasteiger partial charge on any atom is -0.203 e. The van der Waals surface area contributed by atoms with Crippen LogP contribution in [0.25, 0.3) is 17.2 Å². The third kappa shape index (κ3) is 4.66. The molecule has 0 N–H and O–H groups in total. The number of rotatable bonds is 7. The first-order valence-corrected chi connectivity index (χ1v) is 10.3. The second-order valence-corrected chi connectivity index (χ2v) is 7.87. The van der Waals surface area contributed by atoms with E-state index in [-0.39, 0.29) is 5.56 Å². The second-order valence-electron chi connectivity index (χ2n) is 7.87. The van der Waals surface area contributed by atoms with E-state index in [1.807, 2.05) is 12.1 Å². The molecule has 1 aliphatic rings. The Kier molecular flexibility index (Phi) is 6.82. The van der Waals surface area contributed by atoms with E-state index >= 15 is 0 Å². The van der Waals surface area contributed by atoms with E-state index in [2.05, 4.69) is 25.6 Å². The van der Waals surface area contributed by atoms with E-state index in [0.29, 0.717) is 11.5 Å². The first kappa shape index (κ1) is 19.8. The Morgan fingerprint density at radius 3 is 2.26 bits per heavy atom. The molecule has 3 rings (SSSR count). The van der Waals surface area contributed by atoms with Crippen LogP contribution in [0.5, 0.6) is 0 Å². The predicted octanol–water partition coefficient (Wildman–Crippen LogP) is 8.13. The van der Waals surface area contributed by atoms with Crippen molar-refractivity contribution in [1.82, 2.24) is 0 Å². The summed E-state index contributed by atoms with van der Waals surface area (Å²) in [6.07, 6.45) is 11.9. The highest BCUT2D eigenvalue weighted by molar-refractivity contribution is 5.67. The molecule has 1 aliphatic carbocycles. The fourth-order valence-electron chi connectivity index (χ4n) is 4.35. The van der Waals surface area contributed by atoms with Crippen LogP contribution in [0, 0.1) is 17.6 Å². The molecule has 0 radical (unpaired) electrons. The number of hydrogen-bond donors (Lipinski definition) is 0. The van der Waals surface area contributed by atoms with Gasteiger partial charge in [0.2, 0.25) is 0 Å². The van der Waals surface area contributed by atoms with E-state index in [0.717, 1.165) is 11.5 Å². The molecule has 0 aromatic heterocycles. The van der Waals surface area contributed by atoms with Crippen LogP contribution in [-0.2, 0) is 0 Å². The third-order valence-electron chi connectivity index (χ3n) is 6.09. The third-order valence-corrected chi connectivity index (χ3v) is 6.09. The van der Waals surface area contributed by atoms with Crippen LogP contribution < -0.4 is 0 Å². The molecule has 144 valence electrons. The first-order chi connectivity index (χ1) is 13.1. The lowest BCUT2D eigenvalue weighted by Crippen LogP contribution is -2.13. The highest BCUT2D eigenvalue weighted by atomic mass is 19.2. The zero-order valence-corrected chi connectivity index (χ0v) is 16.3. The van der Waals surface area contributed by atoms with Gasteiger partial charge in [0.1, 0.15) is 0 Å². The summed E-state index contributed by atoms with van der Waals surface area (Å²) in [5, 5.41) is 0. The fraction of sp³-hybridized carbons (Fsp3) is 0.440. The van der Waals surface area contributed by atoms with Gasteiger partial charge in [-0.05, 0) is 48.6 Å². The lowest BCUT2D eigenvalue weighted by Gasteiger charge is -2.29. The molecule has 27 heavy (non-hydrogen) atoms. The number of unbranched alkanes of at least 4 members (excludes halogenated alkanes) is 2. The lowest BCUT2D eigenvalue weighted by atomic mass is 9.77. The Morgan fingerprint density at radius 1 is 0.926 bits per heavy atom. The average Bonchev–Trinajstić information content (AvgIpc) is 2.71. The van der Waals surface area contributed by atoms with E-state index in [4.69, 9.17) is 0 Å². The van der Waals surface area contributed by atoms with Crippen molar-refractivity contribution >= 4 is 6.08 Å². The largest absolute Gasteiger partial charge is 0.203 e. The molecule has 0 saturated heterocycles. The first-order valence-electron chi connectivity index (χ1n) is 10.3. The zero-order chi connectivity index (χ0) is 19.2. The topological polar surface area (TPSA) is 0 Å². The van der Waals surface area contributed by atoms with Gasteiger partial charge in [-0.2, -0.15) is 0 Å². The summed E-state index contributed by atoms with van der Waals surface area (Å²) >= 11 is 0. The summed E-state index contributed by atoms with van der Waals surface area (Å²) < 4.78 is 28.4. The van der Waals surface area contributed by atoms with Crippen LogP contribution in [0.2, 0.25) is 0 Å². The summed E-state index contributed by atoms with van der Waals surface area (Å²) in [5.74, 6) is -0.126. The standard InChI is InChI=1S/C25H30F2/c1-3-5-6-7-18-8-10-20(11-9-18)21-12-14-22(15-13-21)23-17-16-19(4-2)24(26)25(23)27/h4,12-18,20H,2-3,5-11H2,1H3/t18-,20-. The maximum absolute atomic E-state index is 14.3. The molecule has 0 unspecified atom stereocenters. The van der Waals surface area contributed by atoms with Gasteiger partial charge in [-0.3, -0.25) is 0 Å². The van der Waals surface area contributed by atoms with Gasteiger partial charge < -0.3 is 0 Å². The van der Waals surface area contributed by atoms with Crippen molar-refractivity contribution in [2.75, 3.05) is 0 Å². The Bertz CT molecular complexity index is 753. The van der Waals surface area contributed by atoms with E-state index in [1.54, 1.807) is 12.1 Å². The van der Waals surface area contributed by atoms with Crippen molar-refractivity contribution in [2.45, 2.75) is 64.2 Å². The molecule has 0 atom stereocenters. The van der Waals surface area contributed by atoms with Crippen LogP contribution in [0.1, 0.15) is 75.3 Å². The van der Waals surface area contributed by atoms with Gasteiger partial charge in [-0.25, -0.2) is 8.78 Å². The van der Waals surface area contributed by atoms with E-state index in [1.165, 1.54) is 63.0 Å². The van der Waals surface area contributed by atoms with Gasteiger partial charge in [-0.15, -0.1) is 0 Å². The Morgan fingerprint density at radius 2 is 1.63 bits per heavy atom. The van der Waals surface area contributed by atoms with Gasteiger partial charge in [0, 0.05) is 11.1 Å². The molecule has 0 aliphatic heterocycles. The molecule has 0 heterocycles. The number of hydrogen-bond acceptors (Lipinski definition) is 0. The average molecular weight is 369 g/mol. The minimum atomic E-state index is -0.826. The highest BCUT2D eigenvalue weighted by Crippen LogP contribution is 2.38. The Balaban J connectivity index is 1.65. The fourth-order valence-corrected chi connectivity index (χ4v) is 4.35. The highest BCUT2D eigenvalue weighted by Gasteiger charge is 2.22. The van der Waals surface area contributed by atoms with Gasteiger partial charge in [0.15, 0.2) is 11.6 Å². The summed E-state index contributed by atoms with van der Waals surface area (Å²) in [6.45, 7) is 5.78. The smallest absolute Gasteiger partial charge is 0.167 e. The summed E-state index contributed by atoms with van der Waals surface area (Å²) in [7, 11) is 0. The van der Waals surface area contributed by atoms with Crippen molar-refractivity contribution in [2.24, 2.45) is 5.92 Å². The molecule has 0 spiro atoms. The number of halogens is 2. The van der Waals surface area contributed by atoms with Crippen molar-refractivity contribution < 1.29 is 8.78 Å². The van der Waals surface area contributed by atoms with Crippen LogP contribution in [-0.4, -0.2) is 0 Å². The predicted molar refractivity (Wildman–Crippen MR) is 111 cm³/mol. The Hall–Kier alpha value is -1.96. The SMILES string of the molecule is C=Cc1ccc(-c2ccc([C@H]3CC[C@H](CCCCC)CC3)cc2)c(F)c1F. The maximum Gasteiger partial charge on any atom is 0.167 e. The molecule has 1 saturated carbocycles. The number of benzene rings is 2. The van der Waals surface area contributed by atoms with Gasteiger partial charge in [0.05, 0.1) is 0 Å². The van der Waals surface area contributed by atoms with Crippen LogP contribution in [0.3, 0.4) is 0 Å². The molecular weight excluding hydrogens is 338 g/mol. The van der Waals surface area contributed by atoms with Crippen molar-refractivity contribution in [1.29, 1.82) is 0 Å². The molecule has 0 nitrogen and oxygen atoms in total. The van der Waals surface area contributed by atoms with Crippen molar-refractivity contribution in [3.8, 4) is 11.1 Å². The quantitative estimate of drug-likeness (QED) is 0.433. The molecule has 2 aromatic carbocycles. The Labute approximate surface area is 162 Å². The van der Waals surface area contributed by atoms with Crippen LogP contribution >= 0.6 is 0 Å². The van der Waals surface area contributed by atoms with Crippen molar-refractivity contribution in [3.63, 3.8) is 0 Å². The second kappa shape index (κ2) is 9.30. The van der Waals surface area contributed by atoms with E-state index < -0.39 is 11.6 Å². The van der Waals surface area contributed by atoms with Crippen LogP contribution in [0.15, 0.2) is 43.0 Å². The lowest BCUT2D eigenvalue weighted by molar-refractivity contribution is 0.303. The van der Waals surface area contributed by atoms with E-state index in [9.17, 15) is 8.78 Å². The molecule has 0 amide bonds. The van der Waals surface area contributed by atoms with Crippen LogP contribution in [0.4, 0.5) is 8.78 Å². The van der Waals surface area contributed by atoms with Gasteiger partial charge in [0.25, 0.3) is 0 Å². The van der Waals surface area contributed by atoms with Gasteiger partial charge in [-0.1, -0.05) is 81.7 Å². The molecular formula is C25H30F2. The minimum absolute atomic E-state index is 0.198. The maximum atomic E-state index is 14.3. The van der Waals surface area contributed by atoms with Gasteiger partial charge >= 0.3 is 0 Å². The normalized spacial score (nSPS) is 19.8. The molecule has 2 aromatic rings. The van der Waals surface area contributed by atoms with Crippen molar-refractivity contribution in [3.05, 3.63) is 65.7 Å². The monoisotopic (exact) mass is 368 g/mol. The summed E-state index contributed by atoms with van der Waals surface area (Å²) in [6, 6.07) is 11.2. The molecule has 1 fully saturated rings. The molecule has 0 bridgehead atoms.